The highest BCUT2D eigenvalue weighted by molar-refractivity contribution is 5.83. The van der Waals surface area contributed by atoms with Gasteiger partial charge in [-0.05, 0) is 81.4 Å². The molecule has 3 aromatic rings. The van der Waals surface area contributed by atoms with Crippen LogP contribution in [0.2, 0.25) is 0 Å². The second kappa shape index (κ2) is 8.83. The zero-order valence-corrected chi connectivity index (χ0v) is 17.4. The van der Waals surface area contributed by atoms with Crippen molar-refractivity contribution in [2.45, 2.75) is 39.0 Å². The Labute approximate surface area is 172 Å². The second-order valence-corrected chi connectivity index (χ2v) is 8.25. The standard InChI is InChI=1S/C25H30N2O2/c1-18-4-6-20(7-5-18)21-10-13-27(14-11-21)12-3-15-29-22-8-9-24-23(17-22)19(2)16-25(28)26-24/h4-9,16-17,21H,3,10-15H2,1-2H3,(H,26,28). The van der Waals surface area contributed by atoms with E-state index in [1.54, 1.807) is 6.07 Å². The van der Waals surface area contributed by atoms with Crippen molar-refractivity contribution in [3.8, 4) is 5.75 Å². The summed E-state index contributed by atoms with van der Waals surface area (Å²) in [5, 5.41) is 1.04. The van der Waals surface area contributed by atoms with Crippen molar-refractivity contribution < 1.29 is 4.74 Å². The summed E-state index contributed by atoms with van der Waals surface area (Å²) in [7, 11) is 0. The zero-order valence-electron chi connectivity index (χ0n) is 17.4. The highest BCUT2D eigenvalue weighted by Gasteiger charge is 2.20. The second-order valence-electron chi connectivity index (χ2n) is 8.25. The van der Waals surface area contributed by atoms with E-state index in [4.69, 9.17) is 4.74 Å². The van der Waals surface area contributed by atoms with Gasteiger partial charge in [0, 0.05) is 23.5 Å². The van der Waals surface area contributed by atoms with Crippen LogP contribution in [0.4, 0.5) is 0 Å². The first-order valence-electron chi connectivity index (χ1n) is 10.6. The van der Waals surface area contributed by atoms with E-state index in [1.807, 2.05) is 25.1 Å². The van der Waals surface area contributed by atoms with Gasteiger partial charge in [-0.15, -0.1) is 0 Å². The normalized spacial score (nSPS) is 15.7. The van der Waals surface area contributed by atoms with E-state index >= 15 is 0 Å². The molecule has 4 nitrogen and oxygen atoms in total. The van der Waals surface area contributed by atoms with Crippen molar-refractivity contribution >= 4 is 10.9 Å². The van der Waals surface area contributed by atoms with Crippen molar-refractivity contribution in [1.29, 1.82) is 0 Å². The topological polar surface area (TPSA) is 45.3 Å². The smallest absolute Gasteiger partial charge is 0.248 e. The lowest BCUT2D eigenvalue weighted by atomic mass is 9.89. The number of H-pyrrole nitrogens is 1. The summed E-state index contributed by atoms with van der Waals surface area (Å²) in [4.78, 5) is 17.0. The summed E-state index contributed by atoms with van der Waals surface area (Å²) >= 11 is 0. The van der Waals surface area contributed by atoms with Crippen molar-refractivity contribution in [2.75, 3.05) is 26.2 Å². The molecule has 0 spiro atoms. The number of nitrogens with one attached hydrogen (secondary N) is 1. The fraction of sp³-hybridized carbons (Fsp3) is 0.400. The number of nitrogens with zero attached hydrogens (tertiary/aromatic N) is 1. The van der Waals surface area contributed by atoms with E-state index in [2.05, 4.69) is 41.1 Å². The van der Waals surface area contributed by atoms with Gasteiger partial charge in [0.05, 0.1) is 6.61 Å². The van der Waals surface area contributed by atoms with Crippen LogP contribution in [-0.4, -0.2) is 36.1 Å². The molecular formula is C25H30N2O2. The van der Waals surface area contributed by atoms with E-state index in [0.717, 1.165) is 35.2 Å². The minimum atomic E-state index is -0.0604. The molecule has 4 heteroatoms. The number of likely N-dealkylation sites (tertiary alicyclic amines) is 1. The number of hydrogen-bond donors (Lipinski definition) is 1. The maximum atomic E-state index is 11.6. The molecule has 1 aliphatic rings. The van der Waals surface area contributed by atoms with E-state index in [-0.39, 0.29) is 5.56 Å². The SMILES string of the molecule is Cc1ccc(C2CCN(CCCOc3ccc4[nH]c(=O)cc(C)c4c3)CC2)cc1. The third-order valence-corrected chi connectivity index (χ3v) is 6.05. The van der Waals surface area contributed by atoms with Gasteiger partial charge < -0.3 is 14.6 Å². The van der Waals surface area contributed by atoms with Gasteiger partial charge in [0.25, 0.3) is 0 Å². The molecule has 0 atom stereocenters. The Hall–Kier alpha value is -2.59. The lowest BCUT2D eigenvalue weighted by Crippen LogP contribution is -2.34. The van der Waals surface area contributed by atoms with Crippen LogP contribution >= 0.6 is 0 Å². The van der Waals surface area contributed by atoms with Crippen molar-refractivity contribution in [3.05, 3.63) is 75.6 Å². The number of benzene rings is 2. The summed E-state index contributed by atoms with van der Waals surface area (Å²) < 4.78 is 5.97. The lowest BCUT2D eigenvalue weighted by molar-refractivity contribution is 0.193. The summed E-state index contributed by atoms with van der Waals surface area (Å²) in [6, 6.07) is 16.6. The van der Waals surface area contributed by atoms with Crippen molar-refractivity contribution in [3.63, 3.8) is 0 Å². The fourth-order valence-corrected chi connectivity index (χ4v) is 4.30. The Kier molecular flexibility index (Phi) is 6.00. The molecule has 1 aromatic heterocycles. The van der Waals surface area contributed by atoms with Gasteiger partial charge in [-0.3, -0.25) is 4.79 Å². The molecule has 0 amide bonds. The largest absolute Gasteiger partial charge is 0.494 e. The molecule has 4 rings (SSSR count). The molecule has 1 fully saturated rings. The zero-order chi connectivity index (χ0) is 20.2. The number of aromatic nitrogens is 1. The predicted molar refractivity (Wildman–Crippen MR) is 119 cm³/mol. The molecule has 0 radical (unpaired) electrons. The summed E-state index contributed by atoms with van der Waals surface area (Å²) in [5.41, 5.74) is 4.60. The maximum Gasteiger partial charge on any atom is 0.248 e. The summed E-state index contributed by atoms with van der Waals surface area (Å²) in [6.45, 7) is 8.24. The summed E-state index contributed by atoms with van der Waals surface area (Å²) in [6.07, 6.45) is 3.51. The molecule has 0 unspecified atom stereocenters. The first-order chi connectivity index (χ1) is 14.1. The third-order valence-electron chi connectivity index (χ3n) is 6.05. The Bertz CT molecular complexity index is 1020. The molecule has 2 aromatic carbocycles. The molecule has 1 aliphatic heterocycles. The van der Waals surface area contributed by atoms with E-state index in [9.17, 15) is 4.79 Å². The molecular weight excluding hydrogens is 360 g/mol. The molecule has 0 aliphatic carbocycles. The average Bonchev–Trinajstić information content (AvgIpc) is 2.72. The van der Waals surface area contributed by atoms with Crippen molar-refractivity contribution in [1.82, 2.24) is 9.88 Å². The van der Waals surface area contributed by atoms with Gasteiger partial charge in [-0.1, -0.05) is 29.8 Å². The van der Waals surface area contributed by atoms with Crippen LogP contribution in [0, 0.1) is 13.8 Å². The van der Waals surface area contributed by atoms with Gasteiger partial charge in [0.15, 0.2) is 0 Å². The fourth-order valence-electron chi connectivity index (χ4n) is 4.30. The molecule has 2 heterocycles. The minimum Gasteiger partial charge on any atom is -0.494 e. The first-order valence-corrected chi connectivity index (χ1v) is 10.6. The molecule has 152 valence electrons. The van der Waals surface area contributed by atoms with Crippen LogP contribution in [0.3, 0.4) is 0 Å². The number of hydrogen-bond acceptors (Lipinski definition) is 3. The van der Waals surface area contributed by atoms with Gasteiger partial charge >= 0.3 is 0 Å². The number of fused-ring (bicyclic) bond motifs is 1. The maximum absolute atomic E-state index is 11.6. The van der Waals surface area contributed by atoms with Crippen LogP contribution in [0.1, 0.15) is 41.9 Å². The Balaban J connectivity index is 1.23. The molecule has 1 N–H and O–H groups in total. The Morgan fingerprint density at radius 2 is 1.79 bits per heavy atom. The highest BCUT2D eigenvalue weighted by atomic mass is 16.5. The number of rotatable bonds is 6. The number of aryl methyl sites for hydroxylation is 2. The average molecular weight is 391 g/mol. The number of ether oxygens (including phenoxy) is 1. The summed E-state index contributed by atoms with van der Waals surface area (Å²) in [5.74, 6) is 1.57. The van der Waals surface area contributed by atoms with E-state index in [0.29, 0.717) is 12.5 Å². The number of pyridine rings is 1. The van der Waals surface area contributed by atoms with Gasteiger partial charge in [-0.25, -0.2) is 0 Å². The minimum absolute atomic E-state index is 0.0604. The molecule has 1 saturated heterocycles. The highest BCUT2D eigenvalue weighted by Crippen LogP contribution is 2.28. The number of aromatic amines is 1. The first kappa shape index (κ1) is 19.7. The number of piperidine rings is 1. The molecule has 0 bridgehead atoms. The molecule has 29 heavy (non-hydrogen) atoms. The Morgan fingerprint density at radius 3 is 2.55 bits per heavy atom. The van der Waals surface area contributed by atoms with Gasteiger partial charge in [-0.2, -0.15) is 0 Å². The van der Waals surface area contributed by atoms with Crippen LogP contribution in [0.5, 0.6) is 5.75 Å². The predicted octanol–water partition coefficient (Wildman–Crippen LogP) is 4.79. The van der Waals surface area contributed by atoms with Crippen LogP contribution in [0.15, 0.2) is 53.3 Å². The monoisotopic (exact) mass is 390 g/mol. The van der Waals surface area contributed by atoms with Crippen molar-refractivity contribution in [2.24, 2.45) is 0 Å². The van der Waals surface area contributed by atoms with E-state index < -0.39 is 0 Å². The quantitative estimate of drug-likeness (QED) is 0.615. The van der Waals surface area contributed by atoms with Crippen LogP contribution in [0.25, 0.3) is 10.9 Å². The lowest BCUT2D eigenvalue weighted by Gasteiger charge is -2.32. The van der Waals surface area contributed by atoms with Crippen LogP contribution in [-0.2, 0) is 0 Å². The van der Waals surface area contributed by atoms with Gasteiger partial charge in [0.1, 0.15) is 5.75 Å². The Morgan fingerprint density at radius 1 is 1.03 bits per heavy atom. The van der Waals surface area contributed by atoms with Gasteiger partial charge in [0.2, 0.25) is 5.56 Å². The third kappa shape index (κ3) is 4.88. The van der Waals surface area contributed by atoms with Crippen LogP contribution < -0.4 is 10.3 Å². The van der Waals surface area contributed by atoms with E-state index in [1.165, 1.54) is 37.1 Å². The molecule has 0 saturated carbocycles.